The highest BCUT2D eigenvalue weighted by molar-refractivity contribution is 6.08. The van der Waals surface area contributed by atoms with Crippen LogP contribution in [0.15, 0.2) is 72.1 Å². The summed E-state index contributed by atoms with van der Waals surface area (Å²) in [4.78, 5) is 26.3. The summed E-state index contributed by atoms with van der Waals surface area (Å²) >= 11 is 0. The third-order valence-electron chi connectivity index (χ3n) is 6.33. The van der Waals surface area contributed by atoms with Crippen LogP contribution in [0.5, 0.6) is 0 Å². The fourth-order valence-corrected chi connectivity index (χ4v) is 4.76. The largest absolute Gasteiger partial charge is 0.416 e. The standard InChI is InChI=1S/C26H23F3N4O2/c1-25(2)12-19-21(20(34)13-25)22(15-8-10-16(11-9-15)26(27,28)29)33-23(32-19)18(14-30-33)24(35)31-17-6-4-3-5-7-17/h3-11,14,22,32H,12-13H2,1-2H3,(H,31,35)/t22-/m1/s1. The van der Waals surface area contributed by atoms with Gasteiger partial charge in [0.1, 0.15) is 17.4 Å². The van der Waals surface area contributed by atoms with Crippen molar-refractivity contribution in [3.05, 3.63) is 88.8 Å². The summed E-state index contributed by atoms with van der Waals surface area (Å²) in [6, 6.07) is 12.9. The summed E-state index contributed by atoms with van der Waals surface area (Å²) in [5, 5.41) is 10.5. The van der Waals surface area contributed by atoms with Gasteiger partial charge < -0.3 is 10.6 Å². The lowest BCUT2D eigenvalue weighted by Crippen LogP contribution is -2.37. The fourth-order valence-electron chi connectivity index (χ4n) is 4.76. The number of hydrogen-bond donors (Lipinski definition) is 2. The van der Waals surface area contributed by atoms with E-state index in [9.17, 15) is 22.8 Å². The second-order valence-electron chi connectivity index (χ2n) is 9.65. The van der Waals surface area contributed by atoms with Gasteiger partial charge in [-0.15, -0.1) is 0 Å². The van der Waals surface area contributed by atoms with Gasteiger partial charge in [-0.3, -0.25) is 9.59 Å². The molecule has 0 unspecified atom stereocenters. The zero-order chi connectivity index (χ0) is 25.0. The van der Waals surface area contributed by atoms with Crippen molar-refractivity contribution >= 4 is 23.2 Å². The number of amides is 1. The van der Waals surface area contributed by atoms with Crippen LogP contribution in [0.3, 0.4) is 0 Å². The second kappa shape index (κ2) is 8.11. The number of alkyl halides is 3. The van der Waals surface area contributed by atoms with Gasteiger partial charge in [-0.2, -0.15) is 18.3 Å². The van der Waals surface area contributed by atoms with Crippen LogP contribution in [-0.2, 0) is 11.0 Å². The predicted molar refractivity (Wildman–Crippen MR) is 125 cm³/mol. The van der Waals surface area contributed by atoms with Gasteiger partial charge in [-0.1, -0.05) is 44.2 Å². The van der Waals surface area contributed by atoms with Crippen LogP contribution in [0.2, 0.25) is 0 Å². The summed E-state index contributed by atoms with van der Waals surface area (Å²) in [7, 11) is 0. The second-order valence-corrected chi connectivity index (χ2v) is 9.65. The minimum Gasteiger partial charge on any atom is -0.343 e. The van der Waals surface area contributed by atoms with E-state index in [4.69, 9.17) is 0 Å². The number of allylic oxidation sites excluding steroid dienone is 2. The van der Waals surface area contributed by atoms with Gasteiger partial charge in [0.2, 0.25) is 0 Å². The number of nitrogens with one attached hydrogen (secondary N) is 2. The Morgan fingerprint density at radius 3 is 2.43 bits per heavy atom. The van der Waals surface area contributed by atoms with Crippen molar-refractivity contribution in [2.45, 2.75) is 38.9 Å². The van der Waals surface area contributed by atoms with Crippen molar-refractivity contribution in [3.8, 4) is 0 Å². The lowest BCUT2D eigenvalue weighted by atomic mass is 9.73. The van der Waals surface area contributed by atoms with E-state index in [0.717, 1.165) is 12.1 Å². The Hall–Kier alpha value is -3.88. The molecule has 0 spiro atoms. The number of benzene rings is 2. The first-order chi connectivity index (χ1) is 16.5. The molecule has 6 nitrogen and oxygen atoms in total. The molecule has 0 bridgehead atoms. The molecule has 0 saturated heterocycles. The third-order valence-corrected chi connectivity index (χ3v) is 6.33. The van der Waals surface area contributed by atoms with Crippen molar-refractivity contribution in [2.24, 2.45) is 5.41 Å². The first kappa shape index (κ1) is 22.9. The Morgan fingerprint density at radius 1 is 1.09 bits per heavy atom. The molecule has 1 aromatic heterocycles. The number of fused-ring (bicyclic) bond motifs is 1. The molecule has 180 valence electrons. The van der Waals surface area contributed by atoms with Crippen molar-refractivity contribution in [3.63, 3.8) is 0 Å². The number of halogens is 3. The van der Waals surface area contributed by atoms with Crippen LogP contribution in [0.4, 0.5) is 24.7 Å². The van der Waals surface area contributed by atoms with Crippen LogP contribution in [0, 0.1) is 5.41 Å². The fraction of sp³-hybridized carbons (Fsp3) is 0.269. The molecule has 5 rings (SSSR count). The van der Waals surface area contributed by atoms with Gasteiger partial charge in [0.15, 0.2) is 5.78 Å². The van der Waals surface area contributed by atoms with E-state index in [0.29, 0.717) is 41.2 Å². The Labute approximate surface area is 199 Å². The van der Waals surface area contributed by atoms with Gasteiger partial charge in [-0.05, 0) is 41.7 Å². The van der Waals surface area contributed by atoms with Crippen LogP contribution in [-0.4, -0.2) is 21.5 Å². The summed E-state index contributed by atoms with van der Waals surface area (Å²) in [5.74, 6) is -0.0840. The smallest absolute Gasteiger partial charge is 0.343 e. The summed E-state index contributed by atoms with van der Waals surface area (Å²) in [6.45, 7) is 3.97. The molecule has 1 aliphatic carbocycles. The van der Waals surface area contributed by atoms with Gasteiger partial charge in [0.25, 0.3) is 5.91 Å². The van der Waals surface area contributed by atoms with E-state index >= 15 is 0 Å². The molecule has 1 amide bonds. The maximum Gasteiger partial charge on any atom is 0.416 e. The molecule has 0 radical (unpaired) electrons. The first-order valence-electron chi connectivity index (χ1n) is 11.2. The molecule has 0 fully saturated rings. The molecule has 1 atom stereocenters. The molecule has 2 N–H and O–H groups in total. The van der Waals surface area contributed by atoms with Crippen LogP contribution in [0.1, 0.15) is 54.2 Å². The Balaban J connectivity index is 1.60. The topological polar surface area (TPSA) is 76.0 Å². The molecular weight excluding hydrogens is 457 g/mol. The maximum atomic E-state index is 13.2. The minimum absolute atomic E-state index is 0.0925. The molecule has 35 heavy (non-hydrogen) atoms. The molecule has 1 aliphatic heterocycles. The van der Waals surface area contributed by atoms with Gasteiger partial charge in [0, 0.05) is 23.4 Å². The van der Waals surface area contributed by atoms with Crippen molar-refractivity contribution in [1.29, 1.82) is 0 Å². The molecule has 9 heteroatoms. The lowest BCUT2D eigenvalue weighted by Gasteiger charge is -2.39. The van der Waals surface area contributed by atoms with Crippen LogP contribution < -0.4 is 10.6 Å². The normalized spacial score (nSPS) is 19.0. The average Bonchev–Trinajstić information content (AvgIpc) is 3.20. The number of para-hydroxylation sites is 1. The Bertz CT molecular complexity index is 1340. The number of rotatable bonds is 3. The van der Waals surface area contributed by atoms with Crippen molar-refractivity contribution < 1.29 is 22.8 Å². The number of aromatic nitrogens is 2. The van der Waals surface area contributed by atoms with Crippen molar-refractivity contribution in [1.82, 2.24) is 9.78 Å². The van der Waals surface area contributed by atoms with E-state index in [1.165, 1.54) is 23.0 Å². The van der Waals surface area contributed by atoms with Crippen LogP contribution in [0.25, 0.3) is 0 Å². The predicted octanol–water partition coefficient (Wildman–Crippen LogP) is 5.81. The van der Waals surface area contributed by atoms with Gasteiger partial charge in [0.05, 0.1) is 11.8 Å². The molecule has 2 aliphatic rings. The highest BCUT2D eigenvalue weighted by atomic mass is 19.4. The quantitative estimate of drug-likeness (QED) is 0.496. The first-order valence-corrected chi connectivity index (χ1v) is 11.2. The average molecular weight is 480 g/mol. The molecule has 3 aromatic rings. The van der Waals surface area contributed by atoms with E-state index < -0.39 is 17.8 Å². The number of nitrogens with zero attached hydrogens (tertiary/aromatic N) is 2. The number of anilines is 2. The summed E-state index contributed by atoms with van der Waals surface area (Å²) in [6.07, 6.45) is -2.20. The molecule has 2 heterocycles. The van der Waals surface area contributed by atoms with Gasteiger partial charge in [-0.25, -0.2) is 4.68 Å². The lowest BCUT2D eigenvalue weighted by molar-refractivity contribution is -0.137. The Kier molecular flexibility index (Phi) is 5.30. The third kappa shape index (κ3) is 4.22. The van der Waals surface area contributed by atoms with Crippen LogP contribution >= 0.6 is 0 Å². The molecular formula is C26H23F3N4O2. The van der Waals surface area contributed by atoms with Gasteiger partial charge >= 0.3 is 6.18 Å². The van der Waals surface area contributed by atoms with E-state index in [1.54, 1.807) is 24.3 Å². The zero-order valence-electron chi connectivity index (χ0n) is 19.1. The summed E-state index contributed by atoms with van der Waals surface area (Å²) in [5.41, 5.74) is 1.42. The van der Waals surface area contributed by atoms with E-state index in [1.807, 2.05) is 19.9 Å². The highest BCUT2D eigenvalue weighted by Gasteiger charge is 2.42. The van der Waals surface area contributed by atoms with E-state index in [2.05, 4.69) is 15.7 Å². The molecule has 2 aromatic carbocycles. The van der Waals surface area contributed by atoms with Crippen molar-refractivity contribution in [2.75, 3.05) is 10.6 Å². The monoisotopic (exact) mass is 480 g/mol. The SMILES string of the molecule is CC1(C)CC(=O)C2=C(C1)Nc1c(C(=O)Nc3ccccc3)cnn1[C@@H]2c1ccc(C(F)(F)F)cc1. The number of carbonyl (C=O) groups excluding carboxylic acids is 2. The minimum atomic E-state index is -4.47. The number of carbonyl (C=O) groups is 2. The van der Waals surface area contributed by atoms with E-state index in [-0.39, 0.29) is 22.7 Å². The number of hydrogen-bond acceptors (Lipinski definition) is 4. The maximum absolute atomic E-state index is 13.2. The molecule has 0 saturated carbocycles. The zero-order valence-corrected chi connectivity index (χ0v) is 19.1. The Morgan fingerprint density at radius 2 is 1.77 bits per heavy atom. The number of ketones is 1. The highest BCUT2D eigenvalue weighted by Crippen LogP contribution is 2.46. The number of Topliss-reactive ketones (excluding diaryl/α,β-unsaturated/α-hetero) is 1. The summed E-state index contributed by atoms with van der Waals surface area (Å²) < 4.78 is 41.0.